The molecule has 0 saturated carbocycles. The first kappa shape index (κ1) is 19.2. The van der Waals surface area contributed by atoms with E-state index in [2.05, 4.69) is 16.9 Å². The van der Waals surface area contributed by atoms with Crippen molar-refractivity contribution in [2.75, 3.05) is 0 Å². The van der Waals surface area contributed by atoms with Gasteiger partial charge in [-0.3, -0.25) is 4.79 Å². The van der Waals surface area contributed by atoms with Crippen LogP contribution in [0.1, 0.15) is 33.3 Å². The fourth-order valence-electron chi connectivity index (χ4n) is 1.92. The van der Waals surface area contributed by atoms with Crippen LogP contribution in [0.3, 0.4) is 0 Å². The van der Waals surface area contributed by atoms with E-state index in [1.807, 2.05) is 44.2 Å². The molecule has 1 aromatic carbocycles. The van der Waals surface area contributed by atoms with E-state index in [1.54, 1.807) is 32.0 Å². The predicted molar refractivity (Wildman–Crippen MR) is 99.9 cm³/mol. The Morgan fingerprint density at radius 3 is 2.54 bits per heavy atom. The highest BCUT2D eigenvalue weighted by molar-refractivity contribution is 6.04. The summed E-state index contributed by atoms with van der Waals surface area (Å²) in [6, 6.07) is 6.77. The van der Waals surface area contributed by atoms with E-state index in [0.717, 1.165) is 11.1 Å². The molecule has 0 aliphatic carbocycles. The van der Waals surface area contributed by atoms with Crippen molar-refractivity contribution in [3.05, 3.63) is 77.7 Å². The van der Waals surface area contributed by atoms with Crippen molar-refractivity contribution < 1.29 is 9.90 Å². The number of hydrogen-bond donors (Lipinski definition) is 2. The Hall–Kier alpha value is -2.88. The van der Waals surface area contributed by atoms with E-state index < -0.39 is 0 Å². The minimum absolute atomic E-state index is 0.156. The van der Waals surface area contributed by atoms with E-state index in [-0.39, 0.29) is 11.7 Å². The van der Waals surface area contributed by atoms with Crippen LogP contribution in [0.2, 0.25) is 0 Å². The summed E-state index contributed by atoms with van der Waals surface area (Å²) in [6.07, 6.45) is 7.46. The van der Waals surface area contributed by atoms with Crippen molar-refractivity contribution in [1.29, 1.82) is 0 Å². The van der Waals surface area contributed by atoms with E-state index in [9.17, 15) is 9.90 Å². The molecule has 0 spiro atoms. The monoisotopic (exact) mass is 324 g/mol. The van der Waals surface area contributed by atoms with Crippen LogP contribution in [0.25, 0.3) is 0 Å². The number of carbonyl (C=O) groups is 1. The molecule has 0 heterocycles. The highest BCUT2D eigenvalue weighted by Gasteiger charge is 2.12. The number of phenols is 1. The molecule has 0 aromatic heterocycles. The zero-order valence-electron chi connectivity index (χ0n) is 14.6. The van der Waals surface area contributed by atoms with Gasteiger partial charge in [0.2, 0.25) is 0 Å². The summed E-state index contributed by atoms with van der Waals surface area (Å²) in [5.41, 5.74) is 2.97. The number of aliphatic imine (C=N–C) groups is 1. The standard InChI is InChI=1S/C20H24N2O2/c1-6-7-8-10-15(4)19(20(24)21-14(2)3)22-16(5)17-11-9-12-18(23)13-17/h6-13,23H,2H2,1,3-5H3,(H,21,24)/b7-6-,10-8-,19-15+,22-16?. The quantitative estimate of drug-likeness (QED) is 0.466. The molecule has 1 aromatic rings. The SMILES string of the molecule is C=C(C)NC(=O)\C(N=C(C)c1cccc(O)c1)=C(C)/C=C\C=C/C. The molecular formula is C20H24N2O2. The Morgan fingerprint density at radius 1 is 1.25 bits per heavy atom. The lowest BCUT2D eigenvalue weighted by Gasteiger charge is -2.09. The van der Waals surface area contributed by atoms with Crippen LogP contribution in [0, 0.1) is 0 Å². The van der Waals surface area contributed by atoms with Crippen LogP contribution >= 0.6 is 0 Å². The van der Waals surface area contributed by atoms with Gasteiger partial charge in [-0.25, -0.2) is 4.99 Å². The van der Waals surface area contributed by atoms with Gasteiger partial charge in [-0.2, -0.15) is 0 Å². The van der Waals surface area contributed by atoms with Crippen LogP contribution < -0.4 is 5.32 Å². The van der Waals surface area contributed by atoms with E-state index in [4.69, 9.17) is 0 Å². The lowest BCUT2D eigenvalue weighted by Crippen LogP contribution is -2.23. The first-order valence-corrected chi connectivity index (χ1v) is 7.67. The van der Waals surface area contributed by atoms with E-state index in [0.29, 0.717) is 17.1 Å². The largest absolute Gasteiger partial charge is 0.508 e. The Balaban J connectivity index is 3.31. The third kappa shape index (κ3) is 6.08. The Bertz CT molecular complexity index is 738. The molecule has 4 nitrogen and oxygen atoms in total. The maximum atomic E-state index is 12.4. The summed E-state index contributed by atoms with van der Waals surface area (Å²) in [5, 5.41) is 12.3. The van der Waals surface area contributed by atoms with Crippen molar-refractivity contribution in [3.63, 3.8) is 0 Å². The molecule has 126 valence electrons. The maximum absolute atomic E-state index is 12.4. The van der Waals surface area contributed by atoms with Gasteiger partial charge in [0, 0.05) is 11.4 Å². The molecule has 1 rings (SSSR count). The fourth-order valence-corrected chi connectivity index (χ4v) is 1.92. The van der Waals surface area contributed by atoms with E-state index in [1.165, 1.54) is 0 Å². The Morgan fingerprint density at radius 2 is 1.96 bits per heavy atom. The summed E-state index contributed by atoms with van der Waals surface area (Å²) in [7, 11) is 0. The molecule has 0 fully saturated rings. The van der Waals surface area contributed by atoms with Crippen LogP contribution in [0.15, 0.2) is 77.1 Å². The van der Waals surface area contributed by atoms with Gasteiger partial charge in [-0.15, -0.1) is 0 Å². The number of allylic oxidation sites excluding steroid dienone is 6. The van der Waals surface area contributed by atoms with Crippen LogP contribution in [-0.4, -0.2) is 16.7 Å². The van der Waals surface area contributed by atoms with Crippen molar-refractivity contribution in [3.8, 4) is 5.75 Å². The number of benzene rings is 1. The summed E-state index contributed by atoms with van der Waals surface area (Å²) in [5.74, 6) is -0.159. The molecule has 0 bridgehead atoms. The summed E-state index contributed by atoms with van der Waals surface area (Å²) < 4.78 is 0. The Kier molecular flexibility index (Phi) is 7.43. The number of hydrogen-bond acceptors (Lipinski definition) is 3. The molecule has 0 aliphatic heterocycles. The average Bonchev–Trinajstić information content (AvgIpc) is 2.51. The third-order valence-electron chi connectivity index (χ3n) is 3.11. The molecule has 0 saturated heterocycles. The van der Waals surface area contributed by atoms with Crippen molar-refractivity contribution in [2.45, 2.75) is 27.7 Å². The highest BCUT2D eigenvalue weighted by atomic mass is 16.3. The van der Waals surface area contributed by atoms with Gasteiger partial charge in [0.25, 0.3) is 5.91 Å². The first-order valence-electron chi connectivity index (χ1n) is 7.67. The normalized spacial score (nSPS) is 13.2. The summed E-state index contributed by atoms with van der Waals surface area (Å²) in [4.78, 5) is 16.9. The van der Waals surface area contributed by atoms with Crippen molar-refractivity contribution >= 4 is 11.6 Å². The maximum Gasteiger partial charge on any atom is 0.274 e. The zero-order valence-corrected chi connectivity index (χ0v) is 14.6. The number of carbonyl (C=O) groups excluding carboxylic acids is 1. The number of aromatic hydroxyl groups is 1. The van der Waals surface area contributed by atoms with Gasteiger partial charge < -0.3 is 10.4 Å². The molecule has 1 amide bonds. The average molecular weight is 324 g/mol. The van der Waals surface area contributed by atoms with Crippen LogP contribution in [0.4, 0.5) is 0 Å². The van der Waals surface area contributed by atoms with Gasteiger partial charge in [0.15, 0.2) is 0 Å². The first-order chi connectivity index (χ1) is 11.3. The lowest BCUT2D eigenvalue weighted by molar-refractivity contribution is -0.116. The summed E-state index contributed by atoms with van der Waals surface area (Å²) in [6.45, 7) is 11.0. The molecule has 0 aliphatic rings. The molecule has 2 N–H and O–H groups in total. The predicted octanol–water partition coefficient (Wildman–Crippen LogP) is 4.26. The van der Waals surface area contributed by atoms with Crippen molar-refractivity contribution in [2.24, 2.45) is 4.99 Å². The molecule has 24 heavy (non-hydrogen) atoms. The molecular weight excluding hydrogens is 300 g/mol. The lowest BCUT2D eigenvalue weighted by atomic mass is 10.1. The minimum Gasteiger partial charge on any atom is -0.508 e. The Labute approximate surface area is 143 Å². The zero-order chi connectivity index (χ0) is 18.1. The van der Waals surface area contributed by atoms with Crippen LogP contribution in [-0.2, 0) is 4.79 Å². The number of amides is 1. The second kappa shape index (κ2) is 9.30. The third-order valence-corrected chi connectivity index (χ3v) is 3.11. The van der Waals surface area contributed by atoms with Gasteiger partial charge >= 0.3 is 0 Å². The minimum atomic E-state index is -0.315. The van der Waals surface area contributed by atoms with Crippen LogP contribution in [0.5, 0.6) is 5.75 Å². The molecule has 0 atom stereocenters. The van der Waals surface area contributed by atoms with E-state index >= 15 is 0 Å². The molecule has 0 radical (unpaired) electrons. The van der Waals surface area contributed by atoms with Crippen molar-refractivity contribution in [1.82, 2.24) is 5.32 Å². The number of nitrogens with zero attached hydrogens (tertiary/aromatic N) is 1. The highest BCUT2D eigenvalue weighted by Crippen LogP contribution is 2.15. The number of nitrogens with one attached hydrogen (secondary N) is 1. The number of rotatable bonds is 6. The van der Waals surface area contributed by atoms with Gasteiger partial charge in [0.1, 0.15) is 11.4 Å². The smallest absolute Gasteiger partial charge is 0.274 e. The molecule has 0 unspecified atom stereocenters. The topological polar surface area (TPSA) is 61.7 Å². The number of phenolic OH excluding ortho intramolecular Hbond substituents is 1. The summed E-state index contributed by atoms with van der Waals surface area (Å²) >= 11 is 0. The second-order valence-corrected chi connectivity index (χ2v) is 5.40. The van der Waals surface area contributed by atoms with Gasteiger partial charge in [-0.1, -0.05) is 43.0 Å². The van der Waals surface area contributed by atoms with Gasteiger partial charge in [-0.05, 0) is 51.0 Å². The second-order valence-electron chi connectivity index (χ2n) is 5.40. The van der Waals surface area contributed by atoms with Gasteiger partial charge in [0.05, 0.1) is 0 Å². The molecule has 4 heteroatoms. The fraction of sp³-hybridized carbons (Fsp3) is 0.200.